The molecule has 0 bridgehead atoms. The van der Waals surface area contributed by atoms with E-state index in [0.29, 0.717) is 0 Å². The number of likely N-dealkylation sites (tertiary alicyclic amines) is 2. The number of piperidine rings is 1. The van der Waals surface area contributed by atoms with Crippen molar-refractivity contribution in [3.05, 3.63) is 0 Å². The third-order valence-electron chi connectivity index (χ3n) is 5.95. The van der Waals surface area contributed by atoms with Crippen LogP contribution in [0.15, 0.2) is 0 Å². The maximum absolute atomic E-state index is 6.48. The number of hydrogen-bond donors (Lipinski definition) is 1. The molecule has 3 fully saturated rings. The van der Waals surface area contributed by atoms with E-state index in [4.69, 9.17) is 5.73 Å². The maximum Gasteiger partial charge on any atom is 0.0166 e. The quantitative estimate of drug-likeness (QED) is 0.839. The Morgan fingerprint density at radius 2 is 1.50 bits per heavy atom. The molecule has 3 heteroatoms. The first kappa shape index (κ1) is 14.8. The minimum absolute atomic E-state index is 0.187. The van der Waals surface area contributed by atoms with Crippen LogP contribution in [0.2, 0.25) is 0 Å². The predicted molar refractivity (Wildman–Crippen MR) is 84.8 cm³/mol. The van der Waals surface area contributed by atoms with Gasteiger partial charge in [-0.05, 0) is 83.6 Å². The first-order valence-corrected chi connectivity index (χ1v) is 8.97. The van der Waals surface area contributed by atoms with Gasteiger partial charge in [0.25, 0.3) is 0 Å². The highest BCUT2D eigenvalue weighted by Gasteiger charge is 2.30. The van der Waals surface area contributed by atoms with Gasteiger partial charge >= 0.3 is 0 Å². The van der Waals surface area contributed by atoms with E-state index in [0.717, 1.165) is 5.92 Å². The highest BCUT2D eigenvalue weighted by atomic mass is 15.2. The lowest BCUT2D eigenvalue weighted by atomic mass is 9.92. The molecule has 0 aromatic heterocycles. The molecular weight excluding hydrogens is 246 g/mol. The fourth-order valence-electron chi connectivity index (χ4n) is 4.43. The van der Waals surface area contributed by atoms with E-state index in [1.54, 1.807) is 0 Å². The Labute approximate surface area is 124 Å². The van der Waals surface area contributed by atoms with Crippen LogP contribution in [-0.4, -0.2) is 54.6 Å². The third-order valence-corrected chi connectivity index (χ3v) is 5.95. The molecule has 2 N–H and O–H groups in total. The van der Waals surface area contributed by atoms with Gasteiger partial charge in [0.15, 0.2) is 0 Å². The average molecular weight is 279 g/mol. The summed E-state index contributed by atoms with van der Waals surface area (Å²) in [7, 11) is 0. The average Bonchev–Trinajstić information content (AvgIpc) is 3.11. The van der Waals surface area contributed by atoms with E-state index in [-0.39, 0.29) is 5.54 Å². The lowest BCUT2D eigenvalue weighted by molar-refractivity contribution is 0.144. The van der Waals surface area contributed by atoms with Crippen LogP contribution in [0.25, 0.3) is 0 Å². The van der Waals surface area contributed by atoms with E-state index in [2.05, 4.69) is 9.80 Å². The van der Waals surface area contributed by atoms with Gasteiger partial charge in [-0.2, -0.15) is 0 Å². The molecule has 2 saturated heterocycles. The number of hydrogen-bond acceptors (Lipinski definition) is 3. The van der Waals surface area contributed by atoms with Crippen LogP contribution in [0.1, 0.15) is 57.8 Å². The summed E-state index contributed by atoms with van der Waals surface area (Å²) in [6.45, 7) is 7.95. The third kappa shape index (κ3) is 3.96. The van der Waals surface area contributed by atoms with Crippen LogP contribution < -0.4 is 5.73 Å². The largest absolute Gasteiger partial charge is 0.325 e. The Bertz CT molecular complexity index is 285. The van der Waals surface area contributed by atoms with E-state index in [9.17, 15) is 0 Å². The molecule has 0 aromatic rings. The molecule has 3 nitrogen and oxygen atoms in total. The molecule has 1 saturated carbocycles. The molecule has 2 aliphatic heterocycles. The molecule has 1 aliphatic carbocycles. The summed E-state index contributed by atoms with van der Waals surface area (Å²) >= 11 is 0. The topological polar surface area (TPSA) is 32.5 Å². The van der Waals surface area contributed by atoms with Crippen LogP contribution in [-0.2, 0) is 0 Å². The summed E-state index contributed by atoms with van der Waals surface area (Å²) in [6, 6.07) is 0. The van der Waals surface area contributed by atoms with E-state index < -0.39 is 0 Å². The van der Waals surface area contributed by atoms with Gasteiger partial charge in [0.1, 0.15) is 0 Å². The lowest BCUT2D eigenvalue weighted by Gasteiger charge is -2.35. The molecular formula is C17H33N3. The van der Waals surface area contributed by atoms with Crippen molar-refractivity contribution in [3.63, 3.8) is 0 Å². The van der Waals surface area contributed by atoms with Crippen molar-refractivity contribution in [2.75, 3.05) is 39.3 Å². The highest BCUT2D eigenvalue weighted by molar-refractivity contribution is 4.90. The zero-order valence-electron chi connectivity index (χ0n) is 13.2. The zero-order chi connectivity index (χ0) is 13.8. The molecule has 0 unspecified atom stereocenters. The Morgan fingerprint density at radius 1 is 0.850 bits per heavy atom. The second kappa shape index (κ2) is 6.76. The Morgan fingerprint density at radius 3 is 2.15 bits per heavy atom. The Hall–Kier alpha value is -0.120. The fourth-order valence-corrected chi connectivity index (χ4v) is 4.43. The van der Waals surface area contributed by atoms with Crippen LogP contribution in [0, 0.1) is 5.92 Å². The standard InChI is InChI=1S/C17H33N3/c18-17(7-1-2-8-17)9-14-19-12-5-16(6-13-19)15-20-10-3-4-11-20/h16H,1-15,18H2. The Balaban J connectivity index is 1.33. The number of rotatable bonds is 5. The van der Waals surface area contributed by atoms with Crippen molar-refractivity contribution in [1.29, 1.82) is 0 Å². The molecule has 0 spiro atoms. The minimum atomic E-state index is 0.187. The molecule has 3 rings (SSSR count). The first-order chi connectivity index (χ1) is 9.73. The van der Waals surface area contributed by atoms with Crippen molar-refractivity contribution < 1.29 is 0 Å². The van der Waals surface area contributed by atoms with Gasteiger partial charge in [0.05, 0.1) is 0 Å². The lowest BCUT2D eigenvalue weighted by Crippen LogP contribution is -2.43. The second-order valence-electron chi connectivity index (χ2n) is 7.61. The summed E-state index contributed by atoms with van der Waals surface area (Å²) in [5.74, 6) is 0.961. The van der Waals surface area contributed by atoms with E-state index in [1.165, 1.54) is 97.1 Å². The van der Waals surface area contributed by atoms with Crippen LogP contribution in [0.4, 0.5) is 0 Å². The van der Waals surface area contributed by atoms with Gasteiger partial charge in [-0.15, -0.1) is 0 Å². The van der Waals surface area contributed by atoms with Crippen LogP contribution >= 0.6 is 0 Å². The molecule has 0 atom stereocenters. The summed E-state index contributed by atoms with van der Waals surface area (Å²) in [5, 5.41) is 0. The summed E-state index contributed by atoms with van der Waals surface area (Å²) in [4.78, 5) is 5.36. The summed E-state index contributed by atoms with van der Waals surface area (Å²) in [6.07, 6.45) is 12.1. The number of nitrogens with two attached hydrogens (primary N) is 1. The van der Waals surface area contributed by atoms with Crippen molar-refractivity contribution >= 4 is 0 Å². The van der Waals surface area contributed by atoms with Crippen LogP contribution in [0.3, 0.4) is 0 Å². The molecule has 0 amide bonds. The highest BCUT2D eigenvalue weighted by Crippen LogP contribution is 2.30. The molecule has 0 aromatic carbocycles. The molecule has 3 aliphatic rings. The molecule has 20 heavy (non-hydrogen) atoms. The van der Waals surface area contributed by atoms with Gasteiger partial charge in [-0.3, -0.25) is 0 Å². The van der Waals surface area contributed by atoms with Crippen LogP contribution in [0.5, 0.6) is 0 Å². The smallest absolute Gasteiger partial charge is 0.0166 e. The second-order valence-corrected chi connectivity index (χ2v) is 7.61. The van der Waals surface area contributed by atoms with Gasteiger partial charge in [0.2, 0.25) is 0 Å². The summed E-state index contributed by atoms with van der Waals surface area (Å²) in [5.41, 5.74) is 6.67. The number of nitrogens with zero attached hydrogens (tertiary/aromatic N) is 2. The van der Waals surface area contributed by atoms with Crippen molar-refractivity contribution in [1.82, 2.24) is 9.80 Å². The van der Waals surface area contributed by atoms with Gasteiger partial charge in [0, 0.05) is 12.1 Å². The maximum atomic E-state index is 6.48. The molecule has 116 valence electrons. The van der Waals surface area contributed by atoms with Crippen molar-refractivity contribution in [2.24, 2.45) is 11.7 Å². The van der Waals surface area contributed by atoms with E-state index in [1.807, 2.05) is 0 Å². The predicted octanol–water partition coefficient (Wildman–Crippen LogP) is 2.46. The summed E-state index contributed by atoms with van der Waals surface area (Å²) < 4.78 is 0. The van der Waals surface area contributed by atoms with Gasteiger partial charge in [-0.25, -0.2) is 0 Å². The zero-order valence-corrected chi connectivity index (χ0v) is 13.2. The normalized spacial score (nSPS) is 29.2. The molecule has 2 heterocycles. The van der Waals surface area contributed by atoms with Crippen molar-refractivity contribution in [3.8, 4) is 0 Å². The van der Waals surface area contributed by atoms with Gasteiger partial charge < -0.3 is 15.5 Å². The molecule has 0 radical (unpaired) electrons. The van der Waals surface area contributed by atoms with Crippen molar-refractivity contribution in [2.45, 2.75) is 63.3 Å². The Kier molecular flexibility index (Phi) is 5.00. The fraction of sp³-hybridized carbons (Fsp3) is 1.00. The monoisotopic (exact) mass is 279 g/mol. The first-order valence-electron chi connectivity index (χ1n) is 8.97. The van der Waals surface area contributed by atoms with E-state index >= 15 is 0 Å². The van der Waals surface area contributed by atoms with Gasteiger partial charge in [-0.1, -0.05) is 12.8 Å². The minimum Gasteiger partial charge on any atom is -0.325 e. The SMILES string of the molecule is NC1(CCN2CCC(CN3CCCC3)CC2)CCCC1.